The number of halogens is 2. The number of ether oxygens (including phenoxy) is 1. The number of alkyl halides is 2. The molecule has 3 heteroatoms. The maximum atomic E-state index is 5.61. The van der Waals surface area contributed by atoms with Gasteiger partial charge in [0.05, 0.1) is 24.0 Å². The Balaban J connectivity index is 2.33. The molecule has 0 spiro atoms. The minimum Gasteiger partial charge on any atom is -0.378 e. The molecule has 0 radical (unpaired) electrons. The summed E-state index contributed by atoms with van der Waals surface area (Å²) in [5.74, 6) is 0. The van der Waals surface area contributed by atoms with E-state index in [4.69, 9.17) is 27.9 Å². The van der Waals surface area contributed by atoms with E-state index in [1.54, 1.807) is 0 Å². The molecular weight excluding hydrogens is 135 g/mol. The second-order valence-corrected chi connectivity index (χ2v) is 2.69. The predicted octanol–water partition coefficient (Wildman–Crippen LogP) is 1.23. The Labute approximate surface area is 52.5 Å². The molecule has 2 atom stereocenters. The zero-order valence-electron chi connectivity index (χ0n) is 3.73. The zero-order chi connectivity index (χ0) is 5.28. The summed E-state index contributed by atoms with van der Waals surface area (Å²) in [6.07, 6.45) is 0. The number of rotatable bonds is 0. The smallest absolute Gasteiger partial charge is 0.0755 e. The van der Waals surface area contributed by atoms with Gasteiger partial charge in [-0.1, -0.05) is 0 Å². The number of hydrogen-bond acceptors (Lipinski definition) is 1. The Hall–Kier alpha value is 0.540. The van der Waals surface area contributed by atoms with Gasteiger partial charge in [0.25, 0.3) is 0 Å². The van der Waals surface area contributed by atoms with Gasteiger partial charge in [-0.3, -0.25) is 0 Å². The van der Waals surface area contributed by atoms with E-state index >= 15 is 0 Å². The quantitative estimate of drug-likeness (QED) is 0.461. The summed E-state index contributed by atoms with van der Waals surface area (Å²) in [5, 5.41) is 0.0586. The molecule has 1 aliphatic rings. The van der Waals surface area contributed by atoms with Gasteiger partial charge in [0.15, 0.2) is 0 Å². The Kier molecular flexibility index (Phi) is 1.79. The van der Waals surface area contributed by atoms with Crippen LogP contribution in [0.5, 0.6) is 0 Å². The van der Waals surface area contributed by atoms with Gasteiger partial charge < -0.3 is 4.74 Å². The average Bonchev–Trinajstić information content (AvgIpc) is 1.91. The largest absolute Gasteiger partial charge is 0.378 e. The maximum absolute atomic E-state index is 5.61. The second kappa shape index (κ2) is 2.21. The van der Waals surface area contributed by atoms with E-state index < -0.39 is 0 Å². The lowest BCUT2D eigenvalue weighted by Gasteiger charge is -1.96. The maximum Gasteiger partial charge on any atom is 0.0755 e. The second-order valence-electron chi connectivity index (χ2n) is 1.57. The van der Waals surface area contributed by atoms with Crippen molar-refractivity contribution >= 4 is 23.2 Å². The van der Waals surface area contributed by atoms with Crippen LogP contribution in [0.15, 0.2) is 0 Å². The van der Waals surface area contributed by atoms with E-state index in [1.807, 2.05) is 0 Å². The van der Waals surface area contributed by atoms with Crippen LogP contribution in [0.2, 0.25) is 0 Å². The van der Waals surface area contributed by atoms with Crippen LogP contribution in [0.3, 0.4) is 0 Å². The molecule has 0 aliphatic carbocycles. The van der Waals surface area contributed by atoms with Gasteiger partial charge in [-0.2, -0.15) is 0 Å². The van der Waals surface area contributed by atoms with Crippen LogP contribution in [0.4, 0.5) is 0 Å². The van der Waals surface area contributed by atoms with E-state index in [0.29, 0.717) is 13.2 Å². The highest BCUT2D eigenvalue weighted by Crippen LogP contribution is 2.16. The van der Waals surface area contributed by atoms with Gasteiger partial charge >= 0.3 is 0 Å². The first-order chi connectivity index (χ1) is 3.30. The molecule has 0 aromatic carbocycles. The Morgan fingerprint density at radius 2 is 1.57 bits per heavy atom. The van der Waals surface area contributed by atoms with Crippen molar-refractivity contribution in [3.05, 3.63) is 0 Å². The highest BCUT2D eigenvalue weighted by Gasteiger charge is 2.23. The van der Waals surface area contributed by atoms with Gasteiger partial charge in [0, 0.05) is 0 Å². The van der Waals surface area contributed by atoms with Crippen LogP contribution in [0.25, 0.3) is 0 Å². The van der Waals surface area contributed by atoms with Crippen molar-refractivity contribution in [3.8, 4) is 0 Å². The monoisotopic (exact) mass is 140 g/mol. The summed E-state index contributed by atoms with van der Waals surface area (Å²) in [5.41, 5.74) is 0. The van der Waals surface area contributed by atoms with Gasteiger partial charge in [0.2, 0.25) is 0 Å². The van der Waals surface area contributed by atoms with E-state index in [0.717, 1.165) is 0 Å². The highest BCUT2D eigenvalue weighted by molar-refractivity contribution is 6.30. The summed E-state index contributed by atoms with van der Waals surface area (Å²) in [4.78, 5) is 0. The van der Waals surface area contributed by atoms with E-state index in [2.05, 4.69) is 0 Å². The molecule has 42 valence electrons. The summed E-state index contributed by atoms with van der Waals surface area (Å²) in [7, 11) is 0. The summed E-state index contributed by atoms with van der Waals surface area (Å²) in [6.45, 7) is 1.21. The first-order valence-electron chi connectivity index (χ1n) is 2.16. The third-order valence-corrected chi connectivity index (χ3v) is 1.94. The molecular formula is C4H6Cl2O. The van der Waals surface area contributed by atoms with Crippen LogP contribution >= 0.6 is 23.2 Å². The molecule has 0 amide bonds. The van der Waals surface area contributed by atoms with Crippen LogP contribution < -0.4 is 0 Å². The van der Waals surface area contributed by atoms with Gasteiger partial charge in [0.1, 0.15) is 0 Å². The third-order valence-electron chi connectivity index (χ3n) is 0.947. The number of hydrogen-bond donors (Lipinski definition) is 0. The fraction of sp³-hybridized carbons (Fsp3) is 1.00. The fourth-order valence-electron chi connectivity index (χ4n) is 0.502. The van der Waals surface area contributed by atoms with Crippen LogP contribution in [0, 0.1) is 0 Å². The normalized spacial score (nSPS) is 42.0. The lowest BCUT2D eigenvalue weighted by Crippen LogP contribution is -2.09. The molecule has 1 nitrogen and oxygen atoms in total. The first-order valence-corrected chi connectivity index (χ1v) is 3.04. The molecule has 0 N–H and O–H groups in total. The predicted molar refractivity (Wildman–Crippen MR) is 30.1 cm³/mol. The summed E-state index contributed by atoms with van der Waals surface area (Å²) >= 11 is 11.2. The average molecular weight is 141 g/mol. The van der Waals surface area contributed by atoms with E-state index in [-0.39, 0.29) is 10.8 Å². The minimum atomic E-state index is 0.0293. The molecule has 1 rings (SSSR count). The van der Waals surface area contributed by atoms with Crippen molar-refractivity contribution in [1.82, 2.24) is 0 Å². The van der Waals surface area contributed by atoms with Crippen molar-refractivity contribution in [2.75, 3.05) is 13.2 Å². The topological polar surface area (TPSA) is 9.23 Å². The van der Waals surface area contributed by atoms with Gasteiger partial charge in [-0.05, 0) is 0 Å². The summed E-state index contributed by atoms with van der Waals surface area (Å²) in [6, 6.07) is 0. The molecule has 1 saturated heterocycles. The van der Waals surface area contributed by atoms with Gasteiger partial charge in [-0.25, -0.2) is 0 Å². The van der Waals surface area contributed by atoms with Crippen LogP contribution in [0.1, 0.15) is 0 Å². The Morgan fingerprint density at radius 3 is 1.71 bits per heavy atom. The van der Waals surface area contributed by atoms with Crippen molar-refractivity contribution in [1.29, 1.82) is 0 Å². The Bertz CT molecular complexity index is 58.7. The Morgan fingerprint density at radius 1 is 1.14 bits per heavy atom. The molecule has 7 heavy (non-hydrogen) atoms. The van der Waals surface area contributed by atoms with Gasteiger partial charge in [-0.15, -0.1) is 23.2 Å². The molecule has 0 bridgehead atoms. The minimum absolute atomic E-state index is 0.0293. The summed E-state index contributed by atoms with van der Waals surface area (Å²) < 4.78 is 4.91. The first kappa shape index (κ1) is 5.67. The van der Waals surface area contributed by atoms with E-state index in [9.17, 15) is 0 Å². The fourth-order valence-corrected chi connectivity index (χ4v) is 0.826. The molecule has 0 aromatic rings. The lowest BCUT2D eigenvalue weighted by molar-refractivity contribution is 0.199. The zero-order valence-corrected chi connectivity index (χ0v) is 5.24. The molecule has 1 heterocycles. The molecule has 0 aromatic heterocycles. The molecule has 0 unspecified atom stereocenters. The van der Waals surface area contributed by atoms with E-state index in [1.165, 1.54) is 0 Å². The van der Waals surface area contributed by atoms with Crippen molar-refractivity contribution in [2.45, 2.75) is 10.8 Å². The molecule has 1 fully saturated rings. The SMILES string of the molecule is Cl[C@@H]1COC[C@H]1Cl. The highest BCUT2D eigenvalue weighted by atomic mass is 35.5. The van der Waals surface area contributed by atoms with Crippen molar-refractivity contribution in [2.24, 2.45) is 0 Å². The van der Waals surface area contributed by atoms with Crippen LogP contribution in [-0.2, 0) is 4.74 Å². The lowest BCUT2D eigenvalue weighted by atomic mass is 10.4. The van der Waals surface area contributed by atoms with Crippen molar-refractivity contribution in [3.63, 3.8) is 0 Å². The molecule has 0 saturated carbocycles. The van der Waals surface area contributed by atoms with Crippen LogP contribution in [-0.4, -0.2) is 24.0 Å². The third kappa shape index (κ3) is 1.21. The molecule has 1 aliphatic heterocycles. The van der Waals surface area contributed by atoms with Crippen molar-refractivity contribution < 1.29 is 4.74 Å². The standard InChI is InChI=1S/C4H6Cl2O/c5-3-1-7-2-4(3)6/h3-4H,1-2H2/t3-,4-/m1/s1.